The molecule has 6 heteroatoms. The van der Waals surface area contributed by atoms with Gasteiger partial charge in [-0.25, -0.2) is 4.39 Å². The van der Waals surface area contributed by atoms with Crippen LogP contribution >= 0.6 is 12.4 Å². The van der Waals surface area contributed by atoms with Gasteiger partial charge in [-0.1, -0.05) is 6.07 Å². The first-order valence-corrected chi connectivity index (χ1v) is 8.37. The van der Waals surface area contributed by atoms with Crippen molar-refractivity contribution < 1.29 is 9.13 Å². The Kier molecular flexibility index (Phi) is 7.56. The van der Waals surface area contributed by atoms with Crippen LogP contribution in [0.1, 0.15) is 12.0 Å². The van der Waals surface area contributed by atoms with Crippen molar-refractivity contribution in [3.05, 3.63) is 29.6 Å². The molecule has 1 aromatic carbocycles. The van der Waals surface area contributed by atoms with E-state index in [4.69, 9.17) is 4.74 Å². The third-order valence-corrected chi connectivity index (χ3v) is 4.51. The second-order valence-electron chi connectivity index (χ2n) is 6.08. The Hall–Kier alpha value is -0.880. The standard InChI is InChI=1S/C17H26FN3O.ClH/c18-16-14-15(2-1-7-20-10-12-22-13-11-20)3-4-17(16)21-8-5-19-6-9-21;/h3-4,14,19H,1-2,5-13H2;1H. The van der Waals surface area contributed by atoms with Crippen molar-refractivity contribution in [3.63, 3.8) is 0 Å². The lowest BCUT2D eigenvalue weighted by atomic mass is 10.1. The summed E-state index contributed by atoms with van der Waals surface area (Å²) in [5.74, 6) is -0.0780. The molecule has 4 nitrogen and oxygen atoms in total. The zero-order chi connectivity index (χ0) is 15.2. The molecule has 0 saturated carbocycles. The molecule has 0 amide bonds. The van der Waals surface area contributed by atoms with Gasteiger partial charge in [0.15, 0.2) is 0 Å². The van der Waals surface area contributed by atoms with E-state index in [2.05, 4.69) is 21.2 Å². The molecular weight excluding hydrogens is 317 g/mol. The number of rotatable bonds is 5. The smallest absolute Gasteiger partial charge is 0.146 e. The molecule has 2 saturated heterocycles. The van der Waals surface area contributed by atoms with Gasteiger partial charge in [0.1, 0.15) is 5.82 Å². The maximum atomic E-state index is 14.3. The first-order valence-electron chi connectivity index (χ1n) is 8.37. The number of piperazine rings is 1. The summed E-state index contributed by atoms with van der Waals surface area (Å²) in [7, 11) is 0. The van der Waals surface area contributed by atoms with Gasteiger partial charge in [-0.15, -0.1) is 12.4 Å². The van der Waals surface area contributed by atoms with Crippen LogP contribution in [0.25, 0.3) is 0 Å². The molecular formula is C17H27ClFN3O. The highest BCUT2D eigenvalue weighted by atomic mass is 35.5. The zero-order valence-electron chi connectivity index (χ0n) is 13.6. The Bertz CT molecular complexity index is 477. The van der Waals surface area contributed by atoms with Crippen molar-refractivity contribution >= 4 is 18.1 Å². The minimum Gasteiger partial charge on any atom is -0.379 e. The maximum absolute atomic E-state index is 14.3. The topological polar surface area (TPSA) is 27.7 Å². The summed E-state index contributed by atoms with van der Waals surface area (Å²) in [6, 6.07) is 5.75. The van der Waals surface area contributed by atoms with Gasteiger partial charge >= 0.3 is 0 Å². The molecule has 0 radical (unpaired) electrons. The highest BCUT2D eigenvalue weighted by molar-refractivity contribution is 5.85. The predicted octanol–water partition coefficient (Wildman–Crippen LogP) is 1.92. The summed E-state index contributed by atoms with van der Waals surface area (Å²) in [5, 5.41) is 3.30. The third kappa shape index (κ3) is 5.31. The third-order valence-electron chi connectivity index (χ3n) is 4.51. The monoisotopic (exact) mass is 343 g/mol. The molecule has 2 heterocycles. The van der Waals surface area contributed by atoms with E-state index in [0.29, 0.717) is 0 Å². The van der Waals surface area contributed by atoms with Crippen molar-refractivity contribution in [1.29, 1.82) is 0 Å². The van der Waals surface area contributed by atoms with Gasteiger partial charge in [0.05, 0.1) is 18.9 Å². The minimum atomic E-state index is -0.0780. The molecule has 0 aliphatic carbocycles. The molecule has 130 valence electrons. The highest BCUT2D eigenvalue weighted by Crippen LogP contribution is 2.21. The molecule has 0 bridgehead atoms. The van der Waals surface area contributed by atoms with Crippen LogP contribution in [0.3, 0.4) is 0 Å². The Labute approximate surface area is 144 Å². The van der Waals surface area contributed by atoms with Crippen molar-refractivity contribution in [3.8, 4) is 0 Å². The second kappa shape index (κ2) is 9.42. The minimum absolute atomic E-state index is 0. The average Bonchev–Trinajstić information content (AvgIpc) is 2.57. The van der Waals surface area contributed by atoms with E-state index in [-0.39, 0.29) is 18.2 Å². The fraction of sp³-hybridized carbons (Fsp3) is 0.647. The molecule has 0 spiro atoms. The number of anilines is 1. The molecule has 2 aliphatic rings. The van der Waals surface area contributed by atoms with Crippen LogP contribution < -0.4 is 10.2 Å². The normalized spacial score (nSPS) is 19.4. The van der Waals surface area contributed by atoms with Gasteiger partial charge in [0.25, 0.3) is 0 Å². The zero-order valence-corrected chi connectivity index (χ0v) is 14.4. The van der Waals surface area contributed by atoms with Gasteiger partial charge in [-0.05, 0) is 37.1 Å². The fourth-order valence-corrected chi connectivity index (χ4v) is 3.20. The number of halogens is 2. The number of benzene rings is 1. The van der Waals surface area contributed by atoms with Gasteiger partial charge < -0.3 is 15.0 Å². The largest absolute Gasteiger partial charge is 0.379 e. The molecule has 0 atom stereocenters. The summed E-state index contributed by atoms with van der Waals surface area (Å²) < 4.78 is 19.7. The molecule has 2 aliphatic heterocycles. The van der Waals surface area contributed by atoms with E-state index in [1.165, 1.54) is 0 Å². The molecule has 23 heavy (non-hydrogen) atoms. The molecule has 1 N–H and O–H groups in total. The van der Waals surface area contributed by atoms with Crippen molar-refractivity contribution in [1.82, 2.24) is 10.2 Å². The Morgan fingerprint density at radius 3 is 2.52 bits per heavy atom. The van der Waals surface area contributed by atoms with Crippen molar-refractivity contribution in [2.24, 2.45) is 0 Å². The number of morpholine rings is 1. The lowest BCUT2D eigenvalue weighted by Gasteiger charge is -2.30. The fourth-order valence-electron chi connectivity index (χ4n) is 3.20. The van der Waals surface area contributed by atoms with Gasteiger partial charge in [0, 0.05) is 39.3 Å². The van der Waals surface area contributed by atoms with E-state index in [9.17, 15) is 4.39 Å². The first-order chi connectivity index (χ1) is 10.8. The SMILES string of the molecule is Cl.Fc1cc(CCCN2CCOCC2)ccc1N1CCNCC1. The number of hydrogen-bond acceptors (Lipinski definition) is 4. The lowest BCUT2D eigenvalue weighted by Crippen LogP contribution is -2.43. The van der Waals surface area contributed by atoms with E-state index in [1.807, 2.05) is 6.07 Å². The number of ether oxygens (including phenoxy) is 1. The highest BCUT2D eigenvalue weighted by Gasteiger charge is 2.15. The Morgan fingerprint density at radius 1 is 1.09 bits per heavy atom. The van der Waals surface area contributed by atoms with Crippen LogP contribution in [0.4, 0.5) is 10.1 Å². The summed E-state index contributed by atoms with van der Waals surface area (Å²) in [5.41, 5.74) is 1.85. The summed E-state index contributed by atoms with van der Waals surface area (Å²) in [4.78, 5) is 4.55. The molecule has 0 unspecified atom stereocenters. The lowest BCUT2D eigenvalue weighted by molar-refractivity contribution is 0.0374. The number of nitrogens with one attached hydrogen (secondary N) is 1. The predicted molar refractivity (Wildman–Crippen MR) is 94.3 cm³/mol. The van der Waals surface area contributed by atoms with E-state index < -0.39 is 0 Å². The quantitative estimate of drug-likeness (QED) is 0.884. The Morgan fingerprint density at radius 2 is 1.83 bits per heavy atom. The van der Waals surface area contributed by atoms with Crippen LogP contribution in [0.15, 0.2) is 18.2 Å². The summed E-state index contributed by atoms with van der Waals surface area (Å²) >= 11 is 0. The molecule has 3 rings (SSSR count). The van der Waals surface area contributed by atoms with Crippen LogP contribution in [-0.4, -0.2) is 63.9 Å². The van der Waals surface area contributed by atoms with Crippen molar-refractivity contribution in [2.45, 2.75) is 12.8 Å². The number of hydrogen-bond donors (Lipinski definition) is 1. The van der Waals surface area contributed by atoms with Crippen LogP contribution in [0.2, 0.25) is 0 Å². The first kappa shape index (κ1) is 18.5. The molecule has 1 aromatic rings. The Balaban J connectivity index is 0.00000192. The molecule has 2 fully saturated rings. The van der Waals surface area contributed by atoms with Crippen LogP contribution in [0, 0.1) is 5.82 Å². The molecule has 0 aromatic heterocycles. The second-order valence-corrected chi connectivity index (χ2v) is 6.08. The maximum Gasteiger partial charge on any atom is 0.146 e. The van der Waals surface area contributed by atoms with E-state index >= 15 is 0 Å². The van der Waals surface area contributed by atoms with E-state index in [1.54, 1.807) is 6.07 Å². The number of nitrogens with zero attached hydrogens (tertiary/aromatic N) is 2. The summed E-state index contributed by atoms with van der Waals surface area (Å²) in [6.07, 6.45) is 2.02. The van der Waals surface area contributed by atoms with Crippen molar-refractivity contribution in [2.75, 3.05) is 63.9 Å². The van der Waals surface area contributed by atoms with Gasteiger partial charge in [-0.3, -0.25) is 4.90 Å². The summed E-state index contributed by atoms with van der Waals surface area (Å²) in [6.45, 7) is 8.43. The van der Waals surface area contributed by atoms with Crippen LogP contribution in [-0.2, 0) is 11.2 Å². The van der Waals surface area contributed by atoms with Crippen LogP contribution in [0.5, 0.6) is 0 Å². The van der Waals surface area contributed by atoms with Gasteiger partial charge in [-0.2, -0.15) is 0 Å². The average molecular weight is 344 g/mol. The van der Waals surface area contributed by atoms with E-state index in [0.717, 1.165) is 83.1 Å². The number of aryl methyl sites for hydroxylation is 1. The van der Waals surface area contributed by atoms with Gasteiger partial charge in [0.2, 0.25) is 0 Å².